The molecule has 0 radical (unpaired) electrons. The van der Waals surface area contributed by atoms with E-state index in [2.05, 4.69) is 50.4 Å². The van der Waals surface area contributed by atoms with E-state index in [1.165, 1.54) is 5.56 Å². The number of nitrogens with one attached hydrogen (secondary N) is 1. The molecule has 3 heteroatoms. The van der Waals surface area contributed by atoms with Crippen LogP contribution < -0.4 is 11.1 Å². The monoisotopic (exact) mass is 276 g/mol. The highest BCUT2D eigenvalue weighted by molar-refractivity contribution is 5.82. The van der Waals surface area contributed by atoms with Crippen molar-refractivity contribution in [3.63, 3.8) is 0 Å². The van der Waals surface area contributed by atoms with Crippen LogP contribution >= 0.6 is 0 Å². The quantitative estimate of drug-likeness (QED) is 0.887. The Bertz CT molecular complexity index is 455. The minimum Gasteiger partial charge on any atom is -0.349 e. The van der Waals surface area contributed by atoms with Gasteiger partial charge in [0.05, 0.1) is 11.5 Å². The highest BCUT2D eigenvalue weighted by atomic mass is 16.2. The third-order valence-electron chi connectivity index (χ3n) is 3.75. The minimum atomic E-state index is -0.528. The van der Waals surface area contributed by atoms with Gasteiger partial charge in [-0.3, -0.25) is 4.79 Å². The molecule has 3 nitrogen and oxygen atoms in total. The molecule has 1 rings (SSSR count). The van der Waals surface area contributed by atoms with Crippen LogP contribution in [0.3, 0.4) is 0 Å². The van der Waals surface area contributed by atoms with E-state index < -0.39 is 5.41 Å². The molecule has 20 heavy (non-hydrogen) atoms. The minimum absolute atomic E-state index is 0.00704. The third kappa shape index (κ3) is 4.07. The second-order valence-corrected chi connectivity index (χ2v) is 7.16. The van der Waals surface area contributed by atoms with Crippen molar-refractivity contribution in [2.75, 3.05) is 6.54 Å². The van der Waals surface area contributed by atoms with Crippen molar-refractivity contribution in [3.8, 4) is 0 Å². The van der Waals surface area contributed by atoms with Crippen LogP contribution in [0.1, 0.15) is 58.7 Å². The summed E-state index contributed by atoms with van der Waals surface area (Å²) in [6, 6.07) is 8.42. The van der Waals surface area contributed by atoms with E-state index in [1.54, 1.807) is 0 Å². The Morgan fingerprint density at radius 1 is 1.15 bits per heavy atom. The lowest BCUT2D eigenvalue weighted by atomic mass is 9.86. The maximum atomic E-state index is 12.1. The number of carbonyl (C=O) groups excluding carboxylic acids is 1. The molecule has 0 bridgehead atoms. The molecule has 0 saturated heterocycles. The summed E-state index contributed by atoms with van der Waals surface area (Å²) in [6.45, 7) is 12.6. The number of hydrogen-bond donors (Lipinski definition) is 2. The molecule has 1 amide bonds. The number of carbonyl (C=O) groups is 1. The summed E-state index contributed by atoms with van der Waals surface area (Å²) in [5, 5.41) is 3.03. The Hall–Kier alpha value is -1.35. The maximum Gasteiger partial charge on any atom is 0.227 e. The molecule has 112 valence electrons. The Balaban J connectivity index is 2.79. The van der Waals surface area contributed by atoms with Gasteiger partial charge < -0.3 is 11.1 Å². The molecule has 1 aromatic carbocycles. The van der Waals surface area contributed by atoms with Gasteiger partial charge in [-0.2, -0.15) is 0 Å². The van der Waals surface area contributed by atoms with Gasteiger partial charge in [-0.25, -0.2) is 0 Å². The first kappa shape index (κ1) is 16.7. The third-order valence-corrected chi connectivity index (χ3v) is 3.75. The second kappa shape index (κ2) is 5.96. The van der Waals surface area contributed by atoms with Crippen LogP contribution in [0.4, 0.5) is 0 Å². The molecule has 0 heterocycles. The van der Waals surface area contributed by atoms with Gasteiger partial charge in [0.15, 0.2) is 0 Å². The zero-order chi connectivity index (χ0) is 15.6. The summed E-state index contributed by atoms with van der Waals surface area (Å²) in [5.74, 6) is -0.00704. The molecular formula is C17H28N2O. The van der Waals surface area contributed by atoms with Crippen LogP contribution in [0.25, 0.3) is 0 Å². The van der Waals surface area contributed by atoms with E-state index in [4.69, 9.17) is 5.73 Å². The van der Waals surface area contributed by atoms with Gasteiger partial charge in [-0.1, -0.05) is 45.0 Å². The fourth-order valence-corrected chi connectivity index (χ4v) is 1.84. The summed E-state index contributed by atoms with van der Waals surface area (Å²) in [4.78, 5) is 12.1. The number of rotatable bonds is 4. The molecule has 0 aromatic heterocycles. The van der Waals surface area contributed by atoms with Crippen molar-refractivity contribution >= 4 is 5.91 Å². The van der Waals surface area contributed by atoms with Crippen molar-refractivity contribution in [2.24, 2.45) is 11.1 Å². The van der Waals surface area contributed by atoms with Crippen LogP contribution in [-0.2, 0) is 10.2 Å². The SMILES string of the molecule is CC(NC(=O)C(C)(C)CN)c1ccc(C(C)(C)C)cc1. The van der Waals surface area contributed by atoms with Gasteiger partial charge in [-0.05, 0) is 37.3 Å². The zero-order valence-corrected chi connectivity index (χ0v) is 13.6. The summed E-state index contributed by atoms with van der Waals surface area (Å²) in [6.07, 6.45) is 0. The van der Waals surface area contributed by atoms with Gasteiger partial charge in [-0.15, -0.1) is 0 Å². The molecule has 1 unspecified atom stereocenters. The Morgan fingerprint density at radius 2 is 1.65 bits per heavy atom. The van der Waals surface area contributed by atoms with Crippen molar-refractivity contribution in [3.05, 3.63) is 35.4 Å². The molecule has 1 atom stereocenters. The van der Waals surface area contributed by atoms with Gasteiger partial charge in [0.2, 0.25) is 5.91 Å². The maximum absolute atomic E-state index is 12.1. The van der Waals surface area contributed by atoms with E-state index in [-0.39, 0.29) is 17.4 Å². The largest absolute Gasteiger partial charge is 0.349 e. The van der Waals surface area contributed by atoms with Gasteiger partial charge in [0.25, 0.3) is 0 Å². The fraction of sp³-hybridized carbons (Fsp3) is 0.588. The van der Waals surface area contributed by atoms with E-state index in [0.717, 1.165) is 5.56 Å². The molecule has 0 aliphatic heterocycles. The smallest absolute Gasteiger partial charge is 0.227 e. The van der Waals surface area contributed by atoms with E-state index in [9.17, 15) is 4.79 Å². The lowest BCUT2D eigenvalue weighted by molar-refractivity contribution is -0.129. The van der Waals surface area contributed by atoms with E-state index in [1.807, 2.05) is 20.8 Å². The molecular weight excluding hydrogens is 248 g/mol. The van der Waals surface area contributed by atoms with E-state index >= 15 is 0 Å². The highest BCUT2D eigenvalue weighted by Crippen LogP contribution is 2.24. The summed E-state index contributed by atoms with van der Waals surface area (Å²) in [7, 11) is 0. The predicted molar refractivity (Wildman–Crippen MR) is 84.5 cm³/mol. The van der Waals surface area contributed by atoms with Crippen molar-refractivity contribution in [2.45, 2.75) is 53.0 Å². The van der Waals surface area contributed by atoms with Crippen molar-refractivity contribution < 1.29 is 4.79 Å². The van der Waals surface area contributed by atoms with Crippen LogP contribution in [0, 0.1) is 5.41 Å². The zero-order valence-electron chi connectivity index (χ0n) is 13.6. The van der Waals surface area contributed by atoms with Crippen LogP contribution in [-0.4, -0.2) is 12.5 Å². The van der Waals surface area contributed by atoms with E-state index in [0.29, 0.717) is 6.54 Å². The molecule has 0 aliphatic carbocycles. The molecule has 1 aromatic rings. The number of amides is 1. The first-order valence-electron chi connectivity index (χ1n) is 7.19. The normalized spacial score (nSPS) is 13.9. The Morgan fingerprint density at radius 3 is 2.05 bits per heavy atom. The molecule has 3 N–H and O–H groups in total. The standard InChI is InChI=1S/C17H28N2O/c1-12(19-15(20)17(5,6)11-18)13-7-9-14(10-8-13)16(2,3)4/h7-10,12H,11,18H2,1-6H3,(H,19,20). The summed E-state index contributed by atoms with van der Waals surface area (Å²) < 4.78 is 0. The van der Waals surface area contributed by atoms with Gasteiger partial charge in [0, 0.05) is 6.54 Å². The van der Waals surface area contributed by atoms with Crippen LogP contribution in [0.2, 0.25) is 0 Å². The number of benzene rings is 1. The predicted octanol–water partition coefficient (Wildman–Crippen LogP) is 3.15. The Kier molecular flexibility index (Phi) is 4.98. The number of nitrogens with two attached hydrogens (primary N) is 1. The second-order valence-electron chi connectivity index (χ2n) is 7.16. The summed E-state index contributed by atoms with van der Waals surface area (Å²) in [5.41, 5.74) is 7.65. The molecule has 0 saturated carbocycles. The number of hydrogen-bond acceptors (Lipinski definition) is 2. The first-order chi connectivity index (χ1) is 9.08. The van der Waals surface area contributed by atoms with Crippen LogP contribution in [0.15, 0.2) is 24.3 Å². The molecule has 0 fully saturated rings. The lowest BCUT2D eigenvalue weighted by Gasteiger charge is -2.25. The average molecular weight is 276 g/mol. The average Bonchev–Trinajstić information content (AvgIpc) is 2.37. The van der Waals surface area contributed by atoms with Gasteiger partial charge in [0.1, 0.15) is 0 Å². The molecule has 0 spiro atoms. The molecule has 0 aliphatic rings. The lowest BCUT2D eigenvalue weighted by Crippen LogP contribution is -2.42. The fourth-order valence-electron chi connectivity index (χ4n) is 1.84. The summed E-state index contributed by atoms with van der Waals surface area (Å²) >= 11 is 0. The Labute approximate surface area is 122 Å². The highest BCUT2D eigenvalue weighted by Gasteiger charge is 2.27. The van der Waals surface area contributed by atoms with Crippen LogP contribution in [0.5, 0.6) is 0 Å². The van der Waals surface area contributed by atoms with Gasteiger partial charge >= 0.3 is 0 Å². The first-order valence-corrected chi connectivity index (χ1v) is 7.19. The van der Waals surface area contributed by atoms with Crippen molar-refractivity contribution in [1.82, 2.24) is 5.32 Å². The topological polar surface area (TPSA) is 55.1 Å². The van der Waals surface area contributed by atoms with Crippen molar-refractivity contribution in [1.29, 1.82) is 0 Å².